The zero-order chi connectivity index (χ0) is 33.7. The van der Waals surface area contributed by atoms with Crippen LogP contribution in [0.1, 0.15) is 110 Å². The highest BCUT2D eigenvalue weighted by Gasteiger charge is 2.42. The van der Waals surface area contributed by atoms with Crippen LogP contribution in [0.25, 0.3) is 0 Å². The number of hydrogen-bond acceptors (Lipinski definition) is 8. The maximum Gasteiger partial charge on any atom is 0.222 e. The molecule has 0 bridgehead atoms. The number of hydrogen-bond donors (Lipinski definition) is 1. The lowest BCUT2D eigenvalue weighted by atomic mass is 9.94. The second kappa shape index (κ2) is 23.4. The molecule has 0 unspecified atom stereocenters. The van der Waals surface area contributed by atoms with Crippen molar-refractivity contribution in [1.82, 2.24) is 10.2 Å². The molecule has 0 radical (unpaired) electrons. The SMILES string of the molecule is C[C@H]1C#CCCN(C(=O)CCCC(=O)CCCCOCCOCCOCCCCC(=O)CCCC[C@@H]2SC[C@@H]3CC(=O)N[C@@H]32)C[C@@H]1C. The summed E-state index contributed by atoms with van der Waals surface area (Å²) in [5.41, 5.74) is 0. The number of unbranched alkanes of at least 4 members (excludes halogenated alkanes) is 3. The number of fused-ring (bicyclic) bond motifs is 1. The Kier molecular flexibility index (Phi) is 19.7. The number of rotatable bonds is 25. The minimum absolute atomic E-state index is 0.142. The number of ketones is 2. The van der Waals surface area contributed by atoms with Gasteiger partial charge in [0, 0.05) is 88.5 Å². The van der Waals surface area contributed by atoms with E-state index in [0.29, 0.717) is 126 Å². The molecule has 1 N–H and O–H groups in total. The van der Waals surface area contributed by atoms with Gasteiger partial charge in [-0.15, -0.1) is 5.92 Å². The first kappa shape index (κ1) is 39.5. The molecule has 47 heavy (non-hydrogen) atoms. The highest BCUT2D eigenvalue weighted by molar-refractivity contribution is 8.00. The lowest BCUT2D eigenvalue weighted by Crippen LogP contribution is -2.37. The van der Waals surface area contributed by atoms with Gasteiger partial charge in [-0.25, -0.2) is 0 Å². The van der Waals surface area contributed by atoms with Crippen molar-refractivity contribution in [1.29, 1.82) is 0 Å². The van der Waals surface area contributed by atoms with Gasteiger partial charge in [0.25, 0.3) is 0 Å². The Bertz CT molecular complexity index is 1030. The van der Waals surface area contributed by atoms with Crippen molar-refractivity contribution >= 4 is 35.1 Å². The number of Topliss-reactive ketones (excluding diaryl/α,β-unsaturated/α-hetero) is 2. The Morgan fingerprint density at radius 3 is 2.06 bits per heavy atom. The normalized spacial score (nSPS) is 23.8. The maximum absolute atomic E-state index is 12.6. The van der Waals surface area contributed by atoms with Crippen LogP contribution in [0.3, 0.4) is 0 Å². The molecular formula is C37H60N2O7S. The standard InChI is InChI=1S/C37H60N2O7S/c1-29-12-5-8-19-39(27-30(29)2)36(43)18-11-16-33(41)15-7-10-21-45-23-25-46-24-22-44-20-9-6-14-32(40)13-3-4-17-34-37-31(28-47-34)26-35(42)38-37/h29-31,34,37H,3-4,6-11,13-28H2,1-2H3,(H,38,42)/t29-,30-,31-,34-,37-/m0/s1. The molecule has 3 heterocycles. The Hall–Kier alpha value is -1.93. The largest absolute Gasteiger partial charge is 0.379 e. The van der Waals surface area contributed by atoms with Crippen LogP contribution >= 0.6 is 11.8 Å². The molecule has 0 aromatic rings. The lowest BCUT2D eigenvalue weighted by molar-refractivity contribution is -0.132. The summed E-state index contributed by atoms with van der Waals surface area (Å²) in [4.78, 5) is 50.5. The fourth-order valence-corrected chi connectivity index (χ4v) is 8.05. The van der Waals surface area contributed by atoms with Gasteiger partial charge in [-0.3, -0.25) is 19.2 Å². The van der Waals surface area contributed by atoms with E-state index in [0.717, 1.165) is 63.7 Å². The smallest absolute Gasteiger partial charge is 0.222 e. The molecule has 9 nitrogen and oxygen atoms in total. The van der Waals surface area contributed by atoms with E-state index in [1.807, 2.05) is 16.7 Å². The second-order valence-corrected chi connectivity index (χ2v) is 14.8. The molecule has 3 aliphatic heterocycles. The predicted molar refractivity (Wildman–Crippen MR) is 186 cm³/mol. The first-order valence-electron chi connectivity index (χ1n) is 18.3. The van der Waals surface area contributed by atoms with E-state index in [1.165, 1.54) is 0 Å². The van der Waals surface area contributed by atoms with Gasteiger partial charge in [0.05, 0.1) is 26.4 Å². The van der Waals surface area contributed by atoms with Gasteiger partial charge in [-0.1, -0.05) is 26.2 Å². The van der Waals surface area contributed by atoms with Crippen LogP contribution in [0.15, 0.2) is 0 Å². The van der Waals surface area contributed by atoms with Crippen molar-refractivity contribution in [3.8, 4) is 11.8 Å². The summed E-state index contributed by atoms with van der Waals surface area (Å²) in [6, 6.07) is 0.354. The first-order valence-corrected chi connectivity index (χ1v) is 19.3. The highest BCUT2D eigenvalue weighted by Crippen LogP contribution is 2.39. The van der Waals surface area contributed by atoms with Gasteiger partial charge in [0.2, 0.25) is 11.8 Å². The Morgan fingerprint density at radius 1 is 0.809 bits per heavy atom. The summed E-state index contributed by atoms with van der Waals surface area (Å²) in [5.74, 6) is 9.60. The van der Waals surface area contributed by atoms with E-state index >= 15 is 0 Å². The zero-order valence-electron chi connectivity index (χ0n) is 29.1. The molecule has 0 aromatic heterocycles. The van der Waals surface area contributed by atoms with Crippen LogP contribution in [0.5, 0.6) is 0 Å². The highest BCUT2D eigenvalue weighted by atomic mass is 32.2. The van der Waals surface area contributed by atoms with Crippen molar-refractivity contribution in [2.45, 2.75) is 121 Å². The molecule has 3 aliphatic rings. The number of carbonyl (C=O) groups is 4. The van der Waals surface area contributed by atoms with Gasteiger partial charge < -0.3 is 24.4 Å². The summed E-state index contributed by atoms with van der Waals surface area (Å²) in [6.07, 6.45) is 11.2. The van der Waals surface area contributed by atoms with Crippen LogP contribution in [0.4, 0.5) is 0 Å². The van der Waals surface area contributed by atoms with E-state index in [1.54, 1.807) is 0 Å². The third-order valence-corrected chi connectivity index (χ3v) is 11.1. The van der Waals surface area contributed by atoms with Crippen molar-refractivity contribution in [3.05, 3.63) is 0 Å². The fourth-order valence-electron chi connectivity index (χ4n) is 6.40. The average Bonchev–Trinajstić information content (AvgIpc) is 3.60. The van der Waals surface area contributed by atoms with Crippen LogP contribution < -0.4 is 5.32 Å². The predicted octanol–water partition coefficient (Wildman–Crippen LogP) is 5.37. The summed E-state index contributed by atoms with van der Waals surface area (Å²) in [7, 11) is 0. The molecule has 0 aromatic carbocycles. The summed E-state index contributed by atoms with van der Waals surface area (Å²) >= 11 is 1.99. The van der Waals surface area contributed by atoms with Crippen molar-refractivity contribution in [2.75, 3.05) is 58.5 Å². The van der Waals surface area contributed by atoms with Crippen LogP contribution in [-0.4, -0.2) is 98.1 Å². The van der Waals surface area contributed by atoms with Gasteiger partial charge in [-0.05, 0) is 62.5 Å². The minimum atomic E-state index is 0.142. The van der Waals surface area contributed by atoms with Crippen molar-refractivity contribution in [3.63, 3.8) is 0 Å². The molecule has 266 valence electrons. The van der Waals surface area contributed by atoms with Crippen LogP contribution in [0.2, 0.25) is 0 Å². The number of thioether (sulfide) groups is 1. The minimum Gasteiger partial charge on any atom is -0.379 e. The van der Waals surface area contributed by atoms with Crippen LogP contribution in [-0.2, 0) is 33.4 Å². The van der Waals surface area contributed by atoms with Gasteiger partial charge in [-0.2, -0.15) is 11.8 Å². The molecule has 0 spiro atoms. The quantitative estimate of drug-likeness (QED) is 0.102. The van der Waals surface area contributed by atoms with E-state index in [2.05, 4.69) is 31.0 Å². The number of nitrogens with one attached hydrogen (secondary N) is 1. The zero-order valence-corrected chi connectivity index (χ0v) is 29.9. The molecule has 2 fully saturated rings. The fraction of sp³-hybridized carbons (Fsp3) is 0.838. The molecular weight excluding hydrogens is 616 g/mol. The Morgan fingerprint density at radius 2 is 1.40 bits per heavy atom. The summed E-state index contributed by atoms with van der Waals surface area (Å²) < 4.78 is 16.8. The van der Waals surface area contributed by atoms with Gasteiger partial charge in [0.1, 0.15) is 11.6 Å². The number of carbonyl (C=O) groups excluding carboxylic acids is 4. The van der Waals surface area contributed by atoms with E-state index in [4.69, 9.17) is 14.2 Å². The third-order valence-electron chi connectivity index (χ3n) is 9.53. The van der Waals surface area contributed by atoms with E-state index in [9.17, 15) is 19.2 Å². The summed E-state index contributed by atoms with van der Waals surface area (Å²) in [6.45, 7) is 9.04. The molecule has 2 amide bonds. The molecule has 5 atom stereocenters. The number of nitrogens with zero attached hydrogens (tertiary/aromatic N) is 1. The maximum atomic E-state index is 12.6. The van der Waals surface area contributed by atoms with E-state index in [-0.39, 0.29) is 17.6 Å². The van der Waals surface area contributed by atoms with Crippen LogP contribution in [0, 0.1) is 29.6 Å². The topological polar surface area (TPSA) is 111 Å². The molecule has 0 aliphatic carbocycles. The van der Waals surface area contributed by atoms with Crippen molar-refractivity contribution in [2.24, 2.45) is 17.8 Å². The molecule has 10 heteroatoms. The Labute approximate surface area is 287 Å². The van der Waals surface area contributed by atoms with Crippen molar-refractivity contribution < 1.29 is 33.4 Å². The molecule has 3 rings (SSSR count). The molecule has 2 saturated heterocycles. The number of amides is 2. The Balaban J connectivity index is 1.01. The third kappa shape index (κ3) is 16.3. The first-order chi connectivity index (χ1) is 22.8. The average molecular weight is 677 g/mol. The summed E-state index contributed by atoms with van der Waals surface area (Å²) in [5, 5.41) is 3.66. The van der Waals surface area contributed by atoms with Gasteiger partial charge >= 0.3 is 0 Å². The lowest BCUT2D eigenvalue weighted by Gasteiger charge is -2.28. The van der Waals surface area contributed by atoms with E-state index < -0.39 is 0 Å². The monoisotopic (exact) mass is 676 g/mol. The number of ether oxygens (including phenoxy) is 3. The molecule has 0 saturated carbocycles. The second-order valence-electron chi connectivity index (χ2n) is 13.5. The van der Waals surface area contributed by atoms with Gasteiger partial charge in [0.15, 0.2) is 0 Å².